The second-order valence-corrected chi connectivity index (χ2v) is 7.73. The molecule has 0 spiro atoms. The number of benzene rings is 1. The van der Waals surface area contributed by atoms with Gasteiger partial charge in [0.05, 0.1) is 0 Å². The van der Waals surface area contributed by atoms with Crippen LogP contribution in [0.15, 0.2) is 47.7 Å². The Morgan fingerprint density at radius 3 is 2.74 bits per heavy atom. The number of amides is 1. The zero-order valence-electron chi connectivity index (χ0n) is 14.9. The number of carbonyl (C=O) groups excluding carboxylic acids is 1. The second kappa shape index (κ2) is 7.98. The molecule has 140 valence electrons. The van der Waals surface area contributed by atoms with Crippen molar-refractivity contribution >= 4 is 29.0 Å². The van der Waals surface area contributed by atoms with Crippen LogP contribution in [0.3, 0.4) is 0 Å². The normalized spacial score (nSPS) is 15.1. The molecule has 0 radical (unpaired) electrons. The number of aromatic nitrogens is 3. The summed E-state index contributed by atoms with van der Waals surface area (Å²) in [5, 5.41) is 2.83. The Kier molecular flexibility index (Phi) is 5.26. The molecule has 7 nitrogen and oxygen atoms in total. The van der Waals surface area contributed by atoms with Crippen molar-refractivity contribution in [3.05, 3.63) is 64.5 Å². The van der Waals surface area contributed by atoms with E-state index < -0.39 is 0 Å². The Morgan fingerprint density at radius 1 is 1.22 bits per heavy atom. The molecule has 1 fully saturated rings. The van der Waals surface area contributed by atoms with E-state index in [1.807, 2.05) is 36.0 Å². The average Bonchev–Trinajstić information content (AvgIpc) is 3.14. The summed E-state index contributed by atoms with van der Waals surface area (Å²) >= 11 is 2.02. The fourth-order valence-electron chi connectivity index (χ4n) is 3.10. The highest BCUT2D eigenvalue weighted by atomic mass is 32.2. The summed E-state index contributed by atoms with van der Waals surface area (Å²) in [6.07, 6.45) is 5.72. The number of nitrogens with one attached hydrogen (secondary N) is 2. The summed E-state index contributed by atoms with van der Waals surface area (Å²) < 4.78 is 1.54. The first-order chi connectivity index (χ1) is 13.2. The second-order valence-electron chi connectivity index (χ2n) is 6.50. The maximum absolute atomic E-state index is 12.4. The quantitative estimate of drug-likeness (QED) is 0.703. The molecule has 1 aliphatic rings. The first-order valence-corrected chi connectivity index (χ1v) is 10.1. The van der Waals surface area contributed by atoms with Gasteiger partial charge < -0.3 is 19.6 Å². The zero-order chi connectivity index (χ0) is 18.6. The Balaban J connectivity index is 1.37. The predicted molar refractivity (Wildman–Crippen MR) is 108 cm³/mol. The summed E-state index contributed by atoms with van der Waals surface area (Å²) in [5.74, 6) is 2.11. The molecular weight excluding hydrogens is 362 g/mol. The molecule has 27 heavy (non-hydrogen) atoms. The van der Waals surface area contributed by atoms with E-state index in [-0.39, 0.29) is 22.8 Å². The summed E-state index contributed by atoms with van der Waals surface area (Å²) in [6, 6.07) is 7.90. The SMILES string of the molecule is O=C(Nc1ccc(CCN2CCSCC2)cc1)c1cn2cc[nH]c(=O)c2n1. The highest BCUT2D eigenvalue weighted by Crippen LogP contribution is 2.14. The number of hydrogen-bond donors (Lipinski definition) is 2. The van der Waals surface area contributed by atoms with E-state index in [4.69, 9.17) is 0 Å². The third-order valence-corrected chi connectivity index (χ3v) is 5.59. The van der Waals surface area contributed by atoms with E-state index in [1.54, 1.807) is 12.4 Å². The lowest BCUT2D eigenvalue weighted by molar-refractivity contribution is 0.102. The topological polar surface area (TPSA) is 82.5 Å². The van der Waals surface area contributed by atoms with Gasteiger partial charge in [0, 0.05) is 55.4 Å². The number of hydrogen-bond acceptors (Lipinski definition) is 5. The van der Waals surface area contributed by atoms with Crippen LogP contribution in [0.1, 0.15) is 16.1 Å². The molecule has 1 aliphatic heterocycles. The van der Waals surface area contributed by atoms with Gasteiger partial charge in [0.1, 0.15) is 5.69 Å². The third-order valence-electron chi connectivity index (χ3n) is 4.65. The van der Waals surface area contributed by atoms with Crippen molar-refractivity contribution in [3.63, 3.8) is 0 Å². The number of aromatic amines is 1. The predicted octanol–water partition coefficient (Wildman–Crippen LogP) is 1.87. The number of fused-ring (bicyclic) bond motifs is 1. The van der Waals surface area contributed by atoms with Crippen molar-refractivity contribution in [2.45, 2.75) is 6.42 Å². The Labute approximate surface area is 160 Å². The monoisotopic (exact) mass is 383 g/mol. The van der Waals surface area contributed by atoms with Crippen LogP contribution in [0.25, 0.3) is 5.65 Å². The fraction of sp³-hybridized carbons (Fsp3) is 0.316. The molecule has 2 aromatic heterocycles. The number of anilines is 1. The van der Waals surface area contributed by atoms with Gasteiger partial charge in [-0.15, -0.1) is 0 Å². The third kappa shape index (κ3) is 4.23. The van der Waals surface area contributed by atoms with Gasteiger partial charge in [-0.1, -0.05) is 12.1 Å². The van der Waals surface area contributed by atoms with Crippen molar-refractivity contribution in [2.24, 2.45) is 0 Å². The van der Waals surface area contributed by atoms with Crippen molar-refractivity contribution in [3.8, 4) is 0 Å². The van der Waals surface area contributed by atoms with Crippen LogP contribution >= 0.6 is 11.8 Å². The Bertz CT molecular complexity index is 989. The van der Waals surface area contributed by atoms with Gasteiger partial charge in [0.15, 0.2) is 0 Å². The van der Waals surface area contributed by atoms with Crippen molar-refractivity contribution < 1.29 is 4.79 Å². The molecule has 0 aliphatic carbocycles. The summed E-state index contributed by atoms with van der Waals surface area (Å²) in [5.41, 5.74) is 2.05. The Morgan fingerprint density at radius 2 is 2.00 bits per heavy atom. The largest absolute Gasteiger partial charge is 0.324 e. The molecule has 0 unspecified atom stereocenters. The lowest BCUT2D eigenvalue weighted by Crippen LogP contribution is -2.34. The highest BCUT2D eigenvalue weighted by molar-refractivity contribution is 7.99. The van der Waals surface area contributed by atoms with Crippen LogP contribution in [0.4, 0.5) is 5.69 Å². The first-order valence-electron chi connectivity index (χ1n) is 8.96. The smallest absolute Gasteiger partial charge is 0.291 e. The number of H-pyrrole nitrogens is 1. The molecule has 8 heteroatoms. The molecule has 1 aromatic carbocycles. The average molecular weight is 383 g/mol. The van der Waals surface area contributed by atoms with E-state index in [0.29, 0.717) is 5.69 Å². The number of imidazole rings is 1. The van der Waals surface area contributed by atoms with Crippen LogP contribution in [0.5, 0.6) is 0 Å². The van der Waals surface area contributed by atoms with Gasteiger partial charge in [0.25, 0.3) is 11.5 Å². The number of carbonyl (C=O) groups is 1. The van der Waals surface area contributed by atoms with Crippen molar-refractivity contribution in [1.82, 2.24) is 19.3 Å². The van der Waals surface area contributed by atoms with Crippen molar-refractivity contribution in [2.75, 3.05) is 36.5 Å². The molecule has 2 N–H and O–H groups in total. The van der Waals surface area contributed by atoms with E-state index in [9.17, 15) is 9.59 Å². The maximum atomic E-state index is 12.4. The molecule has 1 saturated heterocycles. The first kappa shape index (κ1) is 17.8. The highest BCUT2D eigenvalue weighted by Gasteiger charge is 2.13. The van der Waals surface area contributed by atoms with Gasteiger partial charge in [-0.05, 0) is 24.1 Å². The van der Waals surface area contributed by atoms with Crippen LogP contribution in [0, 0.1) is 0 Å². The standard InChI is InChI=1S/C19H21N5O2S/c25-18(16-13-24-8-6-20-19(26)17(24)22-16)21-15-3-1-14(2-4-15)5-7-23-9-11-27-12-10-23/h1-4,6,8,13H,5,7,9-12H2,(H,20,26)(H,21,25). The van der Waals surface area contributed by atoms with E-state index in [0.717, 1.165) is 13.0 Å². The van der Waals surface area contributed by atoms with Crippen LogP contribution < -0.4 is 10.9 Å². The number of rotatable bonds is 5. The van der Waals surface area contributed by atoms with Gasteiger partial charge >= 0.3 is 0 Å². The van der Waals surface area contributed by atoms with Gasteiger partial charge in [-0.2, -0.15) is 11.8 Å². The van der Waals surface area contributed by atoms with E-state index in [2.05, 4.69) is 20.2 Å². The van der Waals surface area contributed by atoms with Crippen LogP contribution in [-0.4, -0.2) is 56.3 Å². The van der Waals surface area contributed by atoms with E-state index in [1.165, 1.54) is 40.8 Å². The number of nitrogens with zero attached hydrogens (tertiary/aromatic N) is 3. The van der Waals surface area contributed by atoms with Gasteiger partial charge in [-0.25, -0.2) is 4.98 Å². The van der Waals surface area contributed by atoms with Crippen molar-refractivity contribution in [1.29, 1.82) is 0 Å². The molecule has 1 amide bonds. The zero-order valence-corrected chi connectivity index (χ0v) is 15.7. The fourth-order valence-corrected chi connectivity index (χ4v) is 4.08. The molecular formula is C19H21N5O2S. The lowest BCUT2D eigenvalue weighted by atomic mass is 10.1. The van der Waals surface area contributed by atoms with Gasteiger partial charge in [0.2, 0.25) is 5.65 Å². The molecule has 0 atom stereocenters. The molecule has 3 aromatic rings. The molecule has 4 rings (SSSR count). The minimum atomic E-state index is -0.336. The lowest BCUT2D eigenvalue weighted by Gasteiger charge is -2.26. The molecule has 3 heterocycles. The van der Waals surface area contributed by atoms with E-state index >= 15 is 0 Å². The van der Waals surface area contributed by atoms with Gasteiger partial charge in [-0.3, -0.25) is 9.59 Å². The van der Waals surface area contributed by atoms with Crippen LogP contribution in [0.2, 0.25) is 0 Å². The minimum absolute atomic E-state index is 0.203. The molecule has 0 bridgehead atoms. The summed E-state index contributed by atoms with van der Waals surface area (Å²) in [4.78, 5) is 33.3. The maximum Gasteiger partial charge on any atom is 0.291 e. The summed E-state index contributed by atoms with van der Waals surface area (Å²) in [6.45, 7) is 3.41. The number of thioether (sulfide) groups is 1. The Hall–Kier alpha value is -2.58. The molecule has 0 saturated carbocycles. The van der Waals surface area contributed by atoms with Crippen LogP contribution in [-0.2, 0) is 6.42 Å². The summed E-state index contributed by atoms with van der Waals surface area (Å²) in [7, 11) is 0. The minimum Gasteiger partial charge on any atom is -0.324 e.